The summed E-state index contributed by atoms with van der Waals surface area (Å²) in [5.74, 6) is -0.600. The van der Waals surface area contributed by atoms with Gasteiger partial charge in [0.15, 0.2) is 0 Å². The molecule has 5 rings (SSSR count). The number of anilines is 2. The zero-order valence-electron chi connectivity index (χ0n) is 22.1. The normalized spacial score (nSPS) is 13.5. The van der Waals surface area contributed by atoms with Crippen molar-refractivity contribution in [3.05, 3.63) is 114 Å². The summed E-state index contributed by atoms with van der Waals surface area (Å²) in [5.41, 5.74) is 1.30. The Balaban J connectivity index is 1.14. The number of carboxylic acids is 1. The number of benzene rings is 4. The number of hydrogen-bond acceptors (Lipinski definition) is 5. The maximum atomic E-state index is 15.1. The molecule has 210 valence electrons. The number of rotatable bonds is 9. The lowest BCUT2D eigenvalue weighted by Crippen LogP contribution is -2.36. The van der Waals surface area contributed by atoms with Crippen molar-refractivity contribution in [1.82, 2.24) is 0 Å². The Morgan fingerprint density at radius 3 is 2.22 bits per heavy atom. The number of nitrogens with one attached hydrogen (secondary N) is 1. The smallest absolute Gasteiger partial charge is 0.335 e. The first kappa shape index (κ1) is 27.6. The minimum atomic E-state index is -1.00. The molecule has 1 heterocycles. The van der Waals surface area contributed by atoms with Gasteiger partial charge in [-0.25, -0.2) is 13.6 Å². The molecule has 1 aliphatic rings. The van der Waals surface area contributed by atoms with E-state index < -0.39 is 17.7 Å². The van der Waals surface area contributed by atoms with Crippen LogP contribution in [-0.4, -0.2) is 36.7 Å². The van der Waals surface area contributed by atoms with Crippen molar-refractivity contribution in [2.45, 2.75) is 12.8 Å². The van der Waals surface area contributed by atoms with Crippen molar-refractivity contribution in [3.63, 3.8) is 0 Å². The Morgan fingerprint density at radius 1 is 0.829 bits per heavy atom. The number of amides is 1. The molecule has 1 aliphatic heterocycles. The van der Waals surface area contributed by atoms with Crippen LogP contribution in [0.4, 0.5) is 20.2 Å². The number of nitrogens with zero attached hydrogens (tertiary/aromatic N) is 1. The minimum absolute atomic E-state index is 0.178. The van der Waals surface area contributed by atoms with E-state index in [-0.39, 0.29) is 17.3 Å². The first-order chi connectivity index (χ1) is 19.8. The Kier molecular flexibility index (Phi) is 8.43. The maximum Gasteiger partial charge on any atom is 0.335 e. The lowest BCUT2D eigenvalue weighted by atomic mass is 9.97. The number of halogens is 2. The van der Waals surface area contributed by atoms with E-state index >= 15 is 4.39 Å². The molecular formula is C32H28F2N2O5. The Hall–Kier alpha value is -4.92. The monoisotopic (exact) mass is 558 g/mol. The van der Waals surface area contributed by atoms with E-state index in [0.717, 1.165) is 12.8 Å². The average molecular weight is 559 g/mol. The average Bonchev–Trinajstić information content (AvgIpc) is 2.98. The van der Waals surface area contributed by atoms with Gasteiger partial charge in [0.25, 0.3) is 5.91 Å². The van der Waals surface area contributed by atoms with Crippen LogP contribution in [-0.2, 0) is 0 Å². The van der Waals surface area contributed by atoms with Crippen molar-refractivity contribution in [1.29, 1.82) is 0 Å². The van der Waals surface area contributed by atoms with Gasteiger partial charge in [-0.3, -0.25) is 4.79 Å². The van der Waals surface area contributed by atoms with E-state index in [4.69, 9.17) is 14.6 Å². The van der Waals surface area contributed by atoms with Crippen LogP contribution in [0.25, 0.3) is 0 Å². The summed E-state index contributed by atoms with van der Waals surface area (Å²) in [6.45, 7) is 1.75. The summed E-state index contributed by atoms with van der Waals surface area (Å²) in [7, 11) is 0. The zero-order valence-corrected chi connectivity index (χ0v) is 22.1. The zero-order chi connectivity index (χ0) is 28.8. The number of aromatic carboxylic acids is 1. The van der Waals surface area contributed by atoms with Gasteiger partial charge in [-0.2, -0.15) is 0 Å². The molecular weight excluding hydrogens is 530 g/mol. The number of carbonyl (C=O) groups is 2. The Bertz CT molecular complexity index is 1540. The number of piperidine rings is 1. The van der Waals surface area contributed by atoms with Crippen LogP contribution >= 0.6 is 0 Å². The van der Waals surface area contributed by atoms with Crippen molar-refractivity contribution < 1.29 is 33.0 Å². The Morgan fingerprint density at radius 2 is 1.51 bits per heavy atom. The second kappa shape index (κ2) is 12.5. The third kappa shape index (κ3) is 7.19. The first-order valence-electron chi connectivity index (χ1n) is 13.2. The van der Waals surface area contributed by atoms with Gasteiger partial charge in [0.1, 0.15) is 28.9 Å². The molecule has 4 aromatic rings. The second-order valence-electron chi connectivity index (χ2n) is 9.78. The highest BCUT2D eigenvalue weighted by molar-refractivity contribution is 6.04. The van der Waals surface area contributed by atoms with E-state index in [1.54, 1.807) is 48.5 Å². The van der Waals surface area contributed by atoms with Crippen LogP contribution in [0.2, 0.25) is 0 Å². The molecule has 0 unspecified atom stereocenters. The van der Waals surface area contributed by atoms with Gasteiger partial charge in [-0.15, -0.1) is 0 Å². The minimum Gasteiger partial charge on any atom is -0.493 e. The molecule has 0 radical (unpaired) electrons. The molecule has 2 N–H and O–H groups in total. The van der Waals surface area contributed by atoms with Crippen LogP contribution in [0.3, 0.4) is 0 Å². The highest BCUT2D eigenvalue weighted by Gasteiger charge is 2.22. The number of hydrogen-bond donors (Lipinski definition) is 2. The molecule has 9 heteroatoms. The standard InChI is InChI=1S/C32H28F2N2O5/c33-24-7-10-26(11-8-24)41-28-6-1-3-22(17-28)31(37)35-25-9-12-30(29(34)19-25)36-15-13-21(14-16-36)20-40-27-5-2-4-23(18-27)32(38)39/h1-12,17-19,21H,13-16,20H2,(H,35,37)(H,38,39). The van der Waals surface area contributed by atoms with Gasteiger partial charge in [0, 0.05) is 24.3 Å². The van der Waals surface area contributed by atoms with Crippen molar-refractivity contribution in [2.24, 2.45) is 5.92 Å². The van der Waals surface area contributed by atoms with Gasteiger partial charge in [0.2, 0.25) is 0 Å². The van der Waals surface area contributed by atoms with Crippen LogP contribution in [0.5, 0.6) is 17.2 Å². The molecule has 41 heavy (non-hydrogen) atoms. The molecule has 1 fully saturated rings. The number of carbonyl (C=O) groups excluding carboxylic acids is 1. The summed E-state index contributed by atoms with van der Waals surface area (Å²) in [4.78, 5) is 25.9. The molecule has 7 nitrogen and oxygen atoms in total. The molecule has 0 atom stereocenters. The van der Waals surface area contributed by atoms with Crippen LogP contribution in [0.15, 0.2) is 91.0 Å². The quantitative estimate of drug-likeness (QED) is 0.230. The van der Waals surface area contributed by atoms with Crippen LogP contribution in [0, 0.1) is 17.6 Å². The lowest BCUT2D eigenvalue weighted by Gasteiger charge is -2.33. The maximum absolute atomic E-state index is 15.1. The number of ether oxygens (including phenoxy) is 2. The summed E-state index contributed by atoms with van der Waals surface area (Å²) >= 11 is 0. The van der Waals surface area contributed by atoms with Crippen LogP contribution < -0.4 is 19.7 Å². The summed E-state index contributed by atoms with van der Waals surface area (Å²) < 4.78 is 39.7. The SMILES string of the molecule is O=C(O)c1cccc(OCC2CCN(c3ccc(NC(=O)c4cccc(Oc5ccc(F)cc5)c4)cc3F)CC2)c1. The van der Waals surface area contributed by atoms with Gasteiger partial charge < -0.3 is 24.8 Å². The van der Waals surface area contributed by atoms with Gasteiger partial charge in [0.05, 0.1) is 17.9 Å². The third-order valence-electron chi connectivity index (χ3n) is 6.87. The fourth-order valence-corrected chi connectivity index (χ4v) is 4.66. The van der Waals surface area contributed by atoms with E-state index in [0.29, 0.717) is 53.9 Å². The van der Waals surface area contributed by atoms with Crippen LogP contribution in [0.1, 0.15) is 33.6 Å². The van der Waals surface area contributed by atoms with Gasteiger partial charge in [-0.05, 0) is 97.6 Å². The molecule has 1 saturated heterocycles. The fraction of sp³-hybridized carbons (Fsp3) is 0.188. The largest absolute Gasteiger partial charge is 0.493 e. The van der Waals surface area contributed by atoms with E-state index in [9.17, 15) is 14.0 Å². The van der Waals surface area contributed by atoms with E-state index in [1.807, 2.05) is 4.90 Å². The van der Waals surface area contributed by atoms with E-state index in [1.165, 1.54) is 42.5 Å². The molecule has 0 aromatic heterocycles. The molecule has 0 bridgehead atoms. The van der Waals surface area contributed by atoms with Crippen molar-refractivity contribution in [2.75, 3.05) is 29.9 Å². The molecule has 4 aromatic carbocycles. The van der Waals surface area contributed by atoms with Gasteiger partial charge in [-0.1, -0.05) is 12.1 Å². The fourth-order valence-electron chi connectivity index (χ4n) is 4.66. The highest BCUT2D eigenvalue weighted by atomic mass is 19.1. The topological polar surface area (TPSA) is 88.1 Å². The number of carboxylic acid groups (broad SMARTS) is 1. The Labute approximate surface area is 236 Å². The van der Waals surface area contributed by atoms with Crippen molar-refractivity contribution >= 4 is 23.3 Å². The molecule has 1 amide bonds. The third-order valence-corrected chi connectivity index (χ3v) is 6.87. The van der Waals surface area contributed by atoms with Crippen molar-refractivity contribution in [3.8, 4) is 17.2 Å². The molecule has 0 saturated carbocycles. The summed E-state index contributed by atoms with van der Waals surface area (Å²) in [6.07, 6.45) is 1.60. The first-order valence-corrected chi connectivity index (χ1v) is 13.2. The predicted molar refractivity (Wildman–Crippen MR) is 151 cm³/mol. The summed E-state index contributed by atoms with van der Waals surface area (Å²) in [6, 6.07) is 23.1. The van der Waals surface area contributed by atoms with E-state index in [2.05, 4.69) is 5.32 Å². The predicted octanol–water partition coefficient (Wildman–Crippen LogP) is 7.00. The molecule has 0 spiro atoms. The summed E-state index contributed by atoms with van der Waals surface area (Å²) in [5, 5.41) is 11.9. The second-order valence-corrected chi connectivity index (χ2v) is 9.78. The highest BCUT2D eigenvalue weighted by Crippen LogP contribution is 2.29. The van der Waals surface area contributed by atoms with Gasteiger partial charge >= 0.3 is 5.97 Å². The lowest BCUT2D eigenvalue weighted by molar-refractivity contribution is 0.0696. The molecule has 0 aliphatic carbocycles.